The van der Waals surface area contributed by atoms with Crippen molar-refractivity contribution in [3.05, 3.63) is 60.2 Å². The summed E-state index contributed by atoms with van der Waals surface area (Å²) in [7, 11) is 0. The largest absolute Gasteiger partial charge is 0.449 e. The molecule has 0 saturated heterocycles. The third kappa shape index (κ3) is 5.46. The average Bonchev–Trinajstić information content (AvgIpc) is 2.63. The molecule has 0 fully saturated rings. The Morgan fingerprint density at radius 3 is 2.23 bits per heavy atom. The Kier molecular flexibility index (Phi) is 6.46. The van der Waals surface area contributed by atoms with Gasteiger partial charge in [-0.15, -0.1) is 0 Å². The molecule has 0 aromatic heterocycles. The Morgan fingerprint density at radius 2 is 1.62 bits per heavy atom. The first-order valence-electron chi connectivity index (χ1n) is 7.83. The van der Waals surface area contributed by atoms with Gasteiger partial charge in [-0.2, -0.15) is 5.26 Å². The molecular weight excluding hydrogens is 334 g/mol. The molecule has 2 rings (SSSR count). The monoisotopic (exact) mass is 351 g/mol. The number of ether oxygens (including phenoxy) is 1. The van der Waals surface area contributed by atoms with Crippen LogP contribution in [0.2, 0.25) is 0 Å². The minimum Gasteiger partial charge on any atom is -0.449 e. The van der Waals surface area contributed by atoms with Crippen LogP contribution in [0.1, 0.15) is 23.7 Å². The highest BCUT2D eigenvalue weighted by atomic mass is 16.5. The maximum atomic E-state index is 12.1. The average molecular weight is 351 g/mol. The fourth-order valence-corrected chi connectivity index (χ4v) is 2.01. The van der Waals surface area contributed by atoms with E-state index in [9.17, 15) is 14.4 Å². The molecule has 2 amide bonds. The predicted molar refractivity (Wildman–Crippen MR) is 95.3 cm³/mol. The minimum absolute atomic E-state index is 0.239. The number of hydrogen-bond donors (Lipinski definition) is 2. The molecule has 2 aromatic rings. The molecule has 0 aliphatic carbocycles. The van der Waals surface area contributed by atoms with E-state index in [1.807, 2.05) is 6.07 Å². The van der Waals surface area contributed by atoms with Crippen LogP contribution in [-0.2, 0) is 14.3 Å². The third-order valence-electron chi connectivity index (χ3n) is 3.34. The van der Waals surface area contributed by atoms with Gasteiger partial charge in [0, 0.05) is 11.4 Å². The van der Waals surface area contributed by atoms with E-state index in [1.54, 1.807) is 30.3 Å². The van der Waals surface area contributed by atoms with Crippen LogP contribution in [0.4, 0.5) is 11.4 Å². The topological polar surface area (TPSA) is 108 Å². The second-order valence-corrected chi connectivity index (χ2v) is 5.36. The zero-order chi connectivity index (χ0) is 18.9. The number of rotatable bonds is 6. The molecule has 0 heterocycles. The molecule has 0 saturated carbocycles. The lowest BCUT2D eigenvalue weighted by Crippen LogP contribution is -2.30. The first-order valence-corrected chi connectivity index (χ1v) is 7.83. The Labute approximate surface area is 150 Å². The zero-order valence-electron chi connectivity index (χ0n) is 14.1. The fourth-order valence-electron chi connectivity index (χ4n) is 2.01. The lowest BCUT2D eigenvalue weighted by atomic mass is 10.2. The number of benzene rings is 2. The van der Waals surface area contributed by atoms with E-state index >= 15 is 0 Å². The highest BCUT2D eigenvalue weighted by Gasteiger charge is 2.19. The second kappa shape index (κ2) is 8.99. The lowest BCUT2D eigenvalue weighted by molar-refractivity contribution is -0.123. The van der Waals surface area contributed by atoms with E-state index in [4.69, 9.17) is 10.00 Å². The van der Waals surface area contributed by atoms with Crippen molar-refractivity contribution in [2.45, 2.75) is 19.4 Å². The summed E-state index contributed by atoms with van der Waals surface area (Å²) in [6.07, 6.45) is -1.23. The first-order chi connectivity index (χ1) is 12.5. The van der Waals surface area contributed by atoms with Crippen molar-refractivity contribution >= 4 is 29.2 Å². The van der Waals surface area contributed by atoms with Gasteiger partial charge in [-0.25, -0.2) is 4.79 Å². The van der Waals surface area contributed by atoms with Crippen molar-refractivity contribution in [2.75, 3.05) is 10.6 Å². The van der Waals surface area contributed by atoms with Crippen molar-refractivity contribution in [1.82, 2.24) is 0 Å². The quantitative estimate of drug-likeness (QED) is 0.778. The van der Waals surface area contributed by atoms with Crippen LogP contribution in [-0.4, -0.2) is 23.9 Å². The SMILES string of the molecule is C[C@H](OC(=O)c1ccc(NC(=O)CC#N)cc1)C(=O)Nc1ccccc1. The molecule has 0 spiro atoms. The number of carbonyl (C=O) groups is 3. The number of nitrogens with one attached hydrogen (secondary N) is 2. The summed E-state index contributed by atoms with van der Waals surface area (Å²) in [5.74, 6) is -1.53. The Hall–Kier alpha value is -3.66. The molecule has 7 heteroatoms. The molecule has 0 aliphatic rings. The van der Waals surface area contributed by atoms with Gasteiger partial charge < -0.3 is 15.4 Å². The first kappa shape index (κ1) is 18.7. The third-order valence-corrected chi connectivity index (χ3v) is 3.34. The van der Waals surface area contributed by atoms with E-state index in [1.165, 1.54) is 31.2 Å². The molecule has 0 unspecified atom stereocenters. The van der Waals surface area contributed by atoms with Gasteiger partial charge in [0.05, 0.1) is 11.6 Å². The van der Waals surface area contributed by atoms with Crippen LogP contribution < -0.4 is 10.6 Å². The van der Waals surface area contributed by atoms with E-state index in [0.29, 0.717) is 11.4 Å². The highest BCUT2D eigenvalue weighted by molar-refractivity contribution is 5.97. The number of nitrogens with zero attached hydrogens (tertiary/aromatic N) is 1. The smallest absolute Gasteiger partial charge is 0.338 e. The highest BCUT2D eigenvalue weighted by Crippen LogP contribution is 2.12. The van der Waals surface area contributed by atoms with Crippen LogP contribution in [0.5, 0.6) is 0 Å². The number of para-hydroxylation sites is 1. The number of esters is 1. The van der Waals surface area contributed by atoms with Gasteiger partial charge in [-0.1, -0.05) is 18.2 Å². The standard InChI is InChI=1S/C19H17N3O4/c1-13(18(24)22-15-5-3-2-4-6-15)26-19(25)14-7-9-16(10-8-14)21-17(23)11-12-20/h2-10,13H,11H2,1H3,(H,21,23)(H,22,24)/t13-/m0/s1. The number of nitriles is 1. The summed E-state index contributed by atoms with van der Waals surface area (Å²) < 4.78 is 5.15. The number of carbonyl (C=O) groups excluding carboxylic acids is 3. The van der Waals surface area contributed by atoms with Gasteiger partial charge in [0.25, 0.3) is 5.91 Å². The van der Waals surface area contributed by atoms with Crippen molar-refractivity contribution in [3.63, 3.8) is 0 Å². The molecule has 0 bridgehead atoms. The van der Waals surface area contributed by atoms with Crippen LogP contribution in [0, 0.1) is 11.3 Å². The fraction of sp³-hybridized carbons (Fsp3) is 0.158. The molecular formula is C19H17N3O4. The molecule has 7 nitrogen and oxygen atoms in total. The molecule has 132 valence electrons. The Balaban J connectivity index is 1.91. The Morgan fingerprint density at radius 1 is 1.00 bits per heavy atom. The molecule has 2 N–H and O–H groups in total. The number of amides is 2. The predicted octanol–water partition coefficient (Wildman–Crippen LogP) is 2.72. The zero-order valence-corrected chi connectivity index (χ0v) is 14.1. The van der Waals surface area contributed by atoms with Crippen molar-refractivity contribution in [1.29, 1.82) is 5.26 Å². The van der Waals surface area contributed by atoms with E-state index in [-0.39, 0.29) is 12.0 Å². The maximum absolute atomic E-state index is 12.1. The van der Waals surface area contributed by atoms with Crippen LogP contribution in [0.15, 0.2) is 54.6 Å². The summed E-state index contributed by atoms with van der Waals surface area (Å²) in [4.78, 5) is 35.5. The van der Waals surface area contributed by atoms with E-state index in [2.05, 4.69) is 10.6 Å². The molecule has 0 aliphatic heterocycles. The molecule has 1 atom stereocenters. The second-order valence-electron chi connectivity index (χ2n) is 5.36. The van der Waals surface area contributed by atoms with E-state index in [0.717, 1.165) is 0 Å². The van der Waals surface area contributed by atoms with Crippen LogP contribution >= 0.6 is 0 Å². The molecule has 2 aromatic carbocycles. The minimum atomic E-state index is -0.974. The summed E-state index contributed by atoms with van der Waals surface area (Å²) in [6, 6.07) is 16.5. The Bertz CT molecular complexity index is 826. The summed E-state index contributed by atoms with van der Waals surface area (Å²) in [5, 5.41) is 13.6. The van der Waals surface area contributed by atoms with Crippen LogP contribution in [0.25, 0.3) is 0 Å². The van der Waals surface area contributed by atoms with Crippen molar-refractivity contribution < 1.29 is 19.1 Å². The lowest BCUT2D eigenvalue weighted by Gasteiger charge is -2.13. The molecule has 26 heavy (non-hydrogen) atoms. The van der Waals surface area contributed by atoms with Crippen molar-refractivity contribution in [2.24, 2.45) is 0 Å². The number of anilines is 2. The van der Waals surface area contributed by atoms with Gasteiger partial charge in [0.2, 0.25) is 5.91 Å². The summed E-state index contributed by atoms with van der Waals surface area (Å²) in [6.45, 7) is 1.48. The maximum Gasteiger partial charge on any atom is 0.338 e. The summed E-state index contributed by atoms with van der Waals surface area (Å²) >= 11 is 0. The van der Waals surface area contributed by atoms with Gasteiger partial charge in [0.15, 0.2) is 6.10 Å². The normalized spacial score (nSPS) is 10.9. The van der Waals surface area contributed by atoms with Gasteiger partial charge in [0.1, 0.15) is 6.42 Å². The van der Waals surface area contributed by atoms with Gasteiger partial charge >= 0.3 is 5.97 Å². The van der Waals surface area contributed by atoms with Crippen molar-refractivity contribution in [3.8, 4) is 6.07 Å². The van der Waals surface area contributed by atoms with Gasteiger partial charge in [-0.3, -0.25) is 9.59 Å². The van der Waals surface area contributed by atoms with E-state index < -0.39 is 23.9 Å². The molecule has 0 radical (unpaired) electrons. The van der Waals surface area contributed by atoms with Crippen LogP contribution in [0.3, 0.4) is 0 Å². The number of hydrogen-bond acceptors (Lipinski definition) is 5. The van der Waals surface area contributed by atoms with Gasteiger partial charge in [-0.05, 0) is 43.3 Å². The summed E-state index contributed by atoms with van der Waals surface area (Å²) in [5.41, 5.74) is 1.30.